The zero-order valence-electron chi connectivity index (χ0n) is 20.1. The maximum Gasteiger partial charge on any atom is 0.171 e. The van der Waals surface area contributed by atoms with Crippen molar-refractivity contribution in [1.82, 2.24) is 0 Å². The Morgan fingerprint density at radius 3 is 2.32 bits per heavy atom. The zero-order valence-corrected chi connectivity index (χ0v) is 20.1. The van der Waals surface area contributed by atoms with Crippen LogP contribution < -0.4 is 0 Å². The molecule has 6 fully saturated rings. The van der Waals surface area contributed by atoms with Crippen LogP contribution in [0.1, 0.15) is 85.5 Å². The van der Waals surface area contributed by atoms with Crippen molar-refractivity contribution in [3.63, 3.8) is 0 Å². The number of hydrogen-bond donors (Lipinski definition) is 2. The first-order valence-electron chi connectivity index (χ1n) is 13.4. The first kappa shape index (κ1) is 21.4. The second-order valence-corrected chi connectivity index (χ2v) is 13.2. The van der Waals surface area contributed by atoms with Gasteiger partial charge in [-0.05, 0) is 97.7 Å². The van der Waals surface area contributed by atoms with Crippen molar-refractivity contribution in [2.45, 2.75) is 110 Å². The van der Waals surface area contributed by atoms with Gasteiger partial charge in [0.05, 0.1) is 24.9 Å². The van der Waals surface area contributed by atoms with Gasteiger partial charge in [-0.2, -0.15) is 0 Å². The maximum atomic E-state index is 11.2. The molecule has 6 rings (SSSR count). The molecule has 0 radical (unpaired) electrons. The number of rotatable bonds is 0. The van der Waals surface area contributed by atoms with Crippen molar-refractivity contribution in [1.29, 1.82) is 0 Å². The van der Waals surface area contributed by atoms with E-state index in [2.05, 4.69) is 27.7 Å². The van der Waals surface area contributed by atoms with Gasteiger partial charge >= 0.3 is 0 Å². The second kappa shape index (κ2) is 6.93. The van der Waals surface area contributed by atoms with Crippen LogP contribution >= 0.6 is 0 Å². The monoisotopic (exact) mass is 432 g/mol. The standard InChI is InChI=1S/C27H44O4/c1-15-5-10-27(30-14-15)16(2)24-23(31-27)13-20-18-12-22(29)21-11-17(28)6-8-25(21,3)19(18)7-9-26(20,24)4/h15-24,28-29H,5-14H2,1-4H3/t15?,16-,17?,18+,19-,20-,21?,22?,23-,24-,25+,26-,27+/m0/s1. The van der Waals surface area contributed by atoms with Crippen molar-refractivity contribution in [3.05, 3.63) is 0 Å². The molecule has 4 heteroatoms. The molecule has 2 N–H and O–H groups in total. The fraction of sp³-hybridized carbons (Fsp3) is 1.00. The minimum absolute atomic E-state index is 0.191. The normalized spacial score (nSPS) is 63.3. The lowest BCUT2D eigenvalue weighted by molar-refractivity contribution is -0.273. The molecule has 0 aromatic rings. The molecule has 176 valence electrons. The average molecular weight is 433 g/mol. The molecule has 0 aromatic carbocycles. The summed E-state index contributed by atoms with van der Waals surface area (Å²) in [7, 11) is 0. The van der Waals surface area contributed by atoms with Gasteiger partial charge in [0.25, 0.3) is 0 Å². The molecule has 2 saturated heterocycles. The summed E-state index contributed by atoms with van der Waals surface area (Å²) >= 11 is 0. The van der Waals surface area contributed by atoms with E-state index in [9.17, 15) is 10.2 Å². The molecule has 0 bridgehead atoms. The molecule has 4 unspecified atom stereocenters. The van der Waals surface area contributed by atoms with Gasteiger partial charge < -0.3 is 19.7 Å². The van der Waals surface area contributed by atoms with Gasteiger partial charge in [-0.15, -0.1) is 0 Å². The van der Waals surface area contributed by atoms with Gasteiger partial charge in [0.15, 0.2) is 5.79 Å². The van der Waals surface area contributed by atoms with E-state index in [1.807, 2.05) is 0 Å². The van der Waals surface area contributed by atoms with Gasteiger partial charge in [0.2, 0.25) is 0 Å². The van der Waals surface area contributed by atoms with Crippen molar-refractivity contribution < 1.29 is 19.7 Å². The van der Waals surface area contributed by atoms with Crippen LogP contribution in [-0.2, 0) is 9.47 Å². The van der Waals surface area contributed by atoms with Crippen molar-refractivity contribution in [3.8, 4) is 0 Å². The molecule has 4 nitrogen and oxygen atoms in total. The van der Waals surface area contributed by atoms with Crippen LogP contribution in [0.3, 0.4) is 0 Å². The Labute approximate surface area is 188 Å². The molecule has 4 saturated carbocycles. The van der Waals surface area contributed by atoms with Crippen LogP contribution in [0.15, 0.2) is 0 Å². The predicted octanol–water partition coefficient (Wildman–Crippen LogP) is 4.76. The highest BCUT2D eigenvalue weighted by Crippen LogP contribution is 2.71. The summed E-state index contributed by atoms with van der Waals surface area (Å²) in [5.74, 6) is 3.58. The Kier molecular flexibility index (Phi) is 4.78. The molecular formula is C27H44O4. The van der Waals surface area contributed by atoms with Gasteiger partial charge in [0, 0.05) is 12.3 Å². The van der Waals surface area contributed by atoms with Gasteiger partial charge in [-0.1, -0.05) is 27.7 Å². The van der Waals surface area contributed by atoms with Crippen LogP contribution in [0.25, 0.3) is 0 Å². The first-order chi connectivity index (χ1) is 14.7. The highest BCUT2D eigenvalue weighted by Gasteiger charge is 2.69. The Morgan fingerprint density at radius 2 is 1.58 bits per heavy atom. The predicted molar refractivity (Wildman–Crippen MR) is 119 cm³/mol. The van der Waals surface area contributed by atoms with Crippen molar-refractivity contribution in [2.24, 2.45) is 52.3 Å². The number of fused-ring (bicyclic) bond motifs is 7. The van der Waals surface area contributed by atoms with Crippen LogP contribution in [-0.4, -0.2) is 40.9 Å². The van der Waals surface area contributed by atoms with Crippen LogP contribution in [0.2, 0.25) is 0 Å². The molecule has 2 heterocycles. The molecule has 31 heavy (non-hydrogen) atoms. The number of hydrogen-bond acceptors (Lipinski definition) is 4. The highest BCUT2D eigenvalue weighted by atomic mass is 16.7. The quantitative estimate of drug-likeness (QED) is 0.579. The molecule has 13 atom stereocenters. The summed E-state index contributed by atoms with van der Waals surface area (Å²) < 4.78 is 13.3. The lowest BCUT2D eigenvalue weighted by atomic mass is 9.43. The molecule has 4 aliphatic carbocycles. The molecule has 2 aliphatic heterocycles. The minimum Gasteiger partial charge on any atom is -0.393 e. The third-order valence-electron chi connectivity index (χ3n) is 11.9. The summed E-state index contributed by atoms with van der Waals surface area (Å²) in [5.41, 5.74) is 0.495. The number of aliphatic hydroxyl groups is 2. The summed E-state index contributed by atoms with van der Waals surface area (Å²) in [6.45, 7) is 10.6. The Balaban J connectivity index is 1.28. The summed E-state index contributed by atoms with van der Waals surface area (Å²) in [6, 6.07) is 0. The van der Waals surface area contributed by atoms with E-state index in [1.165, 1.54) is 19.3 Å². The van der Waals surface area contributed by atoms with Gasteiger partial charge in [-0.3, -0.25) is 0 Å². The van der Waals surface area contributed by atoms with Gasteiger partial charge in [0.1, 0.15) is 0 Å². The van der Waals surface area contributed by atoms with E-state index in [-0.39, 0.29) is 29.3 Å². The first-order valence-corrected chi connectivity index (χ1v) is 13.4. The minimum atomic E-state index is -0.338. The summed E-state index contributed by atoms with van der Waals surface area (Å²) in [6.07, 6.45) is 9.58. The Bertz CT molecular complexity index is 716. The molecule has 0 amide bonds. The second-order valence-electron chi connectivity index (χ2n) is 13.2. The van der Waals surface area contributed by atoms with Crippen molar-refractivity contribution >= 4 is 0 Å². The summed E-state index contributed by atoms with van der Waals surface area (Å²) in [5, 5.41) is 21.5. The van der Waals surface area contributed by atoms with E-state index in [4.69, 9.17) is 9.47 Å². The van der Waals surface area contributed by atoms with Crippen LogP contribution in [0, 0.1) is 52.3 Å². The zero-order chi connectivity index (χ0) is 21.8. The lowest BCUT2D eigenvalue weighted by Crippen LogP contribution is -2.58. The Morgan fingerprint density at radius 1 is 0.806 bits per heavy atom. The molecule has 6 aliphatic rings. The smallest absolute Gasteiger partial charge is 0.171 e. The van der Waals surface area contributed by atoms with Crippen molar-refractivity contribution in [2.75, 3.05) is 6.61 Å². The third-order valence-corrected chi connectivity index (χ3v) is 11.9. The number of aliphatic hydroxyl groups excluding tert-OH is 2. The topological polar surface area (TPSA) is 58.9 Å². The fourth-order valence-corrected chi connectivity index (χ4v) is 10.3. The SMILES string of the molecule is CC1CC[C@@]2(OC1)O[C@H]1C[C@H]3[C@@H]4CC(O)C5CC(O)CC[C@]5(C)[C@H]4CC[C@]3(C)[C@H]1[C@@H]2C. The third kappa shape index (κ3) is 2.80. The molecule has 1 spiro atoms. The van der Waals surface area contributed by atoms with E-state index >= 15 is 0 Å². The molecular weight excluding hydrogens is 388 g/mol. The van der Waals surface area contributed by atoms with E-state index in [0.717, 1.165) is 45.1 Å². The highest BCUT2D eigenvalue weighted by molar-refractivity contribution is 5.16. The Hall–Kier alpha value is -0.160. The van der Waals surface area contributed by atoms with E-state index in [0.29, 0.717) is 47.0 Å². The molecule has 0 aromatic heterocycles. The van der Waals surface area contributed by atoms with Crippen LogP contribution in [0.5, 0.6) is 0 Å². The largest absolute Gasteiger partial charge is 0.393 e. The fourth-order valence-electron chi connectivity index (χ4n) is 10.3. The maximum absolute atomic E-state index is 11.2. The van der Waals surface area contributed by atoms with E-state index in [1.54, 1.807) is 0 Å². The lowest BCUT2D eigenvalue weighted by Gasteiger charge is -2.62. The number of ether oxygens (including phenoxy) is 2. The van der Waals surface area contributed by atoms with Gasteiger partial charge in [-0.25, -0.2) is 0 Å². The van der Waals surface area contributed by atoms with E-state index < -0.39 is 0 Å². The summed E-state index contributed by atoms with van der Waals surface area (Å²) in [4.78, 5) is 0. The average Bonchev–Trinajstić information content (AvgIpc) is 3.17. The van der Waals surface area contributed by atoms with Crippen LogP contribution in [0.4, 0.5) is 0 Å².